The maximum absolute atomic E-state index is 9.24. The molecule has 2 nitrogen and oxygen atoms in total. The molecule has 1 heterocycles. The second-order valence-corrected chi connectivity index (χ2v) is 5.59. The number of rotatable bonds is 3. The highest BCUT2D eigenvalue weighted by atomic mass is 14.9. The molecule has 2 rings (SSSR count). The fourth-order valence-corrected chi connectivity index (χ4v) is 2.22. The molecule has 102 valence electrons. The lowest BCUT2D eigenvalue weighted by atomic mass is 9.86. The number of nitrogens with zero attached hydrogens (tertiary/aromatic N) is 2. The van der Waals surface area contributed by atoms with Gasteiger partial charge in [-0.2, -0.15) is 5.26 Å². The highest BCUT2D eigenvalue weighted by molar-refractivity contribution is 5.61. The van der Waals surface area contributed by atoms with Crippen LogP contribution >= 0.6 is 0 Å². The zero-order valence-electron chi connectivity index (χ0n) is 14.4. The lowest BCUT2D eigenvalue weighted by Crippen LogP contribution is -2.30. The Balaban J connectivity index is 2.53. The van der Waals surface area contributed by atoms with Crippen molar-refractivity contribution in [3.05, 3.63) is 53.7 Å². The Kier molecular flexibility index (Phi) is 3.19. The average Bonchev–Trinajstić information content (AvgIpc) is 2.48. The number of aryl methyl sites for hydroxylation is 2. The van der Waals surface area contributed by atoms with E-state index in [1.54, 1.807) is 19.9 Å². The molecular weight excluding hydrogens is 244 g/mol. The van der Waals surface area contributed by atoms with Gasteiger partial charge in [-0.25, -0.2) is 4.57 Å². The van der Waals surface area contributed by atoms with E-state index in [1.165, 1.54) is 0 Å². The fourth-order valence-electron chi connectivity index (χ4n) is 2.22. The lowest BCUT2D eigenvalue weighted by Gasteiger charge is -2.16. The first-order chi connectivity index (χ1) is 10.2. The Morgan fingerprint density at radius 2 is 2.05 bits per heavy atom. The lowest BCUT2D eigenvalue weighted by molar-refractivity contribution is -0.660. The molecule has 0 N–H and O–H groups in total. The van der Waals surface area contributed by atoms with Crippen LogP contribution in [0.4, 0.5) is 0 Å². The van der Waals surface area contributed by atoms with Gasteiger partial charge in [-0.05, 0) is 50.4 Å². The van der Waals surface area contributed by atoms with Crippen molar-refractivity contribution >= 4 is 0 Å². The number of benzene rings is 1. The quantitative estimate of drug-likeness (QED) is 0.781. The summed E-state index contributed by atoms with van der Waals surface area (Å²) in [5.41, 5.74) is 2.60. The summed E-state index contributed by atoms with van der Waals surface area (Å²) in [5, 5.41) is 9.24. The van der Waals surface area contributed by atoms with Gasteiger partial charge in [0, 0.05) is 20.4 Å². The largest absolute Gasteiger partial charge is 0.212 e. The van der Waals surface area contributed by atoms with Crippen molar-refractivity contribution in [2.75, 3.05) is 0 Å². The molecule has 2 heteroatoms. The van der Waals surface area contributed by atoms with Crippen molar-refractivity contribution in [2.24, 2.45) is 12.5 Å². The molecule has 0 saturated heterocycles. The number of nitriles is 1. The first-order valence-electron chi connectivity index (χ1n) is 7.68. The van der Waals surface area contributed by atoms with Crippen LogP contribution < -0.4 is 4.57 Å². The maximum Gasteiger partial charge on any atom is 0.212 e. The minimum Gasteiger partial charge on any atom is -0.201 e. The smallest absolute Gasteiger partial charge is 0.201 e. The monoisotopic (exact) mass is 267 g/mol. The van der Waals surface area contributed by atoms with Gasteiger partial charge in [0.05, 0.1) is 11.5 Å². The summed E-state index contributed by atoms with van der Waals surface area (Å²) in [6.45, 7) is 5.24. The summed E-state index contributed by atoms with van der Waals surface area (Å²) in [5.74, 6) is 0. The van der Waals surface area contributed by atoms with Crippen LogP contribution in [0.3, 0.4) is 0 Å². The van der Waals surface area contributed by atoms with Gasteiger partial charge in [-0.1, -0.05) is 12.1 Å². The van der Waals surface area contributed by atoms with Crippen molar-refractivity contribution in [2.45, 2.75) is 27.1 Å². The molecule has 1 aromatic heterocycles. The number of hydrogen-bond donors (Lipinski definition) is 0. The van der Waals surface area contributed by atoms with Crippen LogP contribution in [0.5, 0.6) is 0 Å². The SMILES string of the molecule is [2H]C([2H])(c1ccc(-c2cccc[n+]2C)c(C)c1)C(C)(C)C#N. The van der Waals surface area contributed by atoms with Gasteiger partial charge in [0.15, 0.2) is 6.20 Å². The zero-order valence-corrected chi connectivity index (χ0v) is 12.4. The Bertz CT molecular complexity index is 743. The maximum atomic E-state index is 9.24. The van der Waals surface area contributed by atoms with Gasteiger partial charge >= 0.3 is 0 Å². The van der Waals surface area contributed by atoms with Crippen molar-refractivity contribution < 1.29 is 7.31 Å². The summed E-state index contributed by atoms with van der Waals surface area (Å²) in [6.07, 6.45) is 0.282. The van der Waals surface area contributed by atoms with Gasteiger partial charge in [0.25, 0.3) is 0 Å². The minimum absolute atomic E-state index is 0.541. The van der Waals surface area contributed by atoms with Crippen molar-refractivity contribution in [3.63, 3.8) is 0 Å². The molecule has 0 bridgehead atoms. The van der Waals surface area contributed by atoms with Crippen molar-refractivity contribution in [1.29, 1.82) is 5.26 Å². The summed E-state index contributed by atoms with van der Waals surface area (Å²) < 4.78 is 18.7. The first-order valence-corrected chi connectivity index (χ1v) is 6.68. The van der Waals surface area contributed by atoms with Gasteiger partial charge in [0.1, 0.15) is 7.05 Å². The van der Waals surface area contributed by atoms with Crippen LogP contribution in [0.1, 0.15) is 27.7 Å². The number of pyridine rings is 1. The molecule has 0 atom stereocenters. The van der Waals surface area contributed by atoms with Crippen LogP contribution in [-0.2, 0) is 13.4 Å². The molecule has 0 radical (unpaired) electrons. The van der Waals surface area contributed by atoms with Gasteiger partial charge in [-0.3, -0.25) is 0 Å². The topological polar surface area (TPSA) is 27.7 Å². The van der Waals surface area contributed by atoms with Crippen molar-refractivity contribution in [1.82, 2.24) is 0 Å². The molecule has 0 aliphatic rings. The normalized spacial score (nSPS) is 13.3. The third kappa shape index (κ3) is 3.05. The molecule has 0 saturated carbocycles. The highest BCUT2D eigenvalue weighted by Crippen LogP contribution is 2.25. The second kappa shape index (κ2) is 5.46. The Labute approximate surface area is 124 Å². The Hall–Kier alpha value is -2.14. The predicted molar refractivity (Wildman–Crippen MR) is 80.9 cm³/mol. The molecular formula is C18H21N2+. The van der Waals surface area contributed by atoms with E-state index in [0.29, 0.717) is 5.56 Å². The van der Waals surface area contributed by atoms with Crippen LogP contribution in [0.2, 0.25) is 0 Å². The Morgan fingerprint density at radius 1 is 1.30 bits per heavy atom. The van der Waals surface area contributed by atoms with E-state index in [0.717, 1.165) is 16.8 Å². The molecule has 0 aliphatic heterocycles. The molecule has 0 spiro atoms. The third-order valence-electron chi connectivity index (χ3n) is 3.29. The van der Waals surface area contributed by atoms with Gasteiger partial charge in [0.2, 0.25) is 5.69 Å². The van der Waals surface area contributed by atoms with E-state index >= 15 is 0 Å². The minimum atomic E-state index is -1.70. The fraction of sp³-hybridized carbons (Fsp3) is 0.333. The van der Waals surface area contributed by atoms with Crippen LogP contribution in [0, 0.1) is 23.7 Å². The summed E-state index contributed by atoms with van der Waals surface area (Å²) >= 11 is 0. The summed E-state index contributed by atoms with van der Waals surface area (Å²) in [7, 11) is 1.99. The summed E-state index contributed by atoms with van der Waals surface area (Å²) in [4.78, 5) is 0. The van der Waals surface area contributed by atoms with E-state index in [4.69, 9.17) is 2.74 Å². The van der Waals surface area contributed by atoms with E-state index in [1.807, 2.05) is 55.1 Å². The standard InChI is InChI=1S/C18H21N2/c1-14-11-15(12-18(2,3)13-19)8-9-16(14)17-7-5-6-10-20(17)4/h5-11H,12H2,1-4H3/q+1/i12D2. The molecule has 20 heavy (non-hydrogen) atoms. The first kappa shape index (κ1) is 11.7. The molecule has 1 aromatic carbocycles. The second-order valence-electron chi connectivity index (χ2n) is 5.59. The van der Waals surface area contributed by atoms with E-state index in [9.17, 15) is 5.26 Å². The molecule has 0 fully saturated rings. The predicted octanol–water partition coefficient (Wildman–Crippen LogP) is 3.58. The van der Waals surface area contributed by atoms with Gasteiger partial charge < -0.3 is 0 Å². The van der Waals surface area contributed by atoms with Crippen LogP contribution in [-0.4, -0.2) is 0 Å². The summed E-state index contributed by atoms with van der Waals surface area (Å²) in [6, 6.07) is 13.6. The van der Waals surface area contributed by atoms with E-state index in [-0.39, 0.29) is 0 Å². The van der Waals surface area contributed by atoms with Crippen LogP contribution in [0.15, 0.2) is 42.6 Å². The number of aromatic nitrogens is 1. The van der Waals surface area contributed by atoms with Crippen LogP contribution in [0.25, 0.3) is 11.3 Å². The molecule has 2 aromatic rings. The molecule has 0 aliphatic carbocycles. The van der Waals surface area contributed by atoms with Crippen molar-refractivity contribution in [3.8, 4) is 17.3 Å². The zero-order chi connectivity index (χ0) is 16.5. The Morgan fingerprint density at radius 3 is 2.65 bits per heavy atom. The van der Waals surface area contributed by atoms with E-state index < -0.39 is 11.8 Å². The van der Waals surface area contributed by atoms with E-state index in [2.05, 4.69) is 6.07 Å². The highest BCUT2D eigenvalue weighted by Gasteiger charge is 2.18. The molecule has 0 unspecified atom stereocenters. The third-order valence-corrected chi connectivity index (χ3v) is 3.29. The molecule has 0 amide bonds. The van der Waals surface area contributed by atoms with Gasteiger partial charge in [-0.15, -0.1) is 0 Å². The number of hydrogen-bond acceptors (Lipinski definition) is 1. The average molecular weight is 267 g/mol.